The van der Waals surface area contributed by atoms with Crippen LogP contribution in [-0.2, 0) is 18.3 Å². The van der Waals surface area contributed by atoms with Gasteiger partial charge in [-0.3, -0.25) is 9.59 Å². The van der Waals surface area contributed by atoms with Crippen LogP contribution in [0.1, 0.15) is 44.7 Å². The maximum Gasteiger partial charge on any atom is 0.274 e. The third kappa shape index (κ3) is 3.91. The van der Waals surface area contributed by atoms with Gasteiger partial charge in [-0.05, 0) is 31.2 Å². The molecular formula is C20H27N3O2. The summed E-state index contributed by atoms with van der Waals surface area (Å²) in [5.74, 6) is 0.868. The predicted octanol–water partition coefficient (Wildman–Crippen LogP) is 2.90. The minimum Gasteiger partial charge on any atom is -0.342 e. The van der Waals surface area contributed by atoms with Gasteiger partial charge < -0.3 is 4.90 Å². The van der Waals surface area contributed by atoms with Gasteiger partial charge in [-0.15, -0.1) is 0 Å². The summed E-state index contributed by atoms with van der Waals surface area (Å²) in [5.41, 5.74) is 0.570. The molecule has 1 amide bonds. The van der Waals surface area contributed by atoms with Gasteiger partial charge in [-0.1, -0.05) is 38.0 Å². The van der Waals surface area contributed by atoms with E-state index in [0.29, 0.717) is 11.1 Å². The van der Waals surface area contributed by atoms with Crippen molar-refractivity contribution in [2.75, 3.05) is 13.1 Å². The molecule has 3 rings (SSSR count). The summed E-state index contributed by atoms with van der Waals surface area (Å²) in [6, 6.07) is 7.41. The SMILES string of the molecule is CCC[C@@H]1CCCN(C(=O)Cc2nn(C)c(=O)c3ccccc23)CC1. The van der Waals surface area contributed by atoms with Crippen molar-refractivity contribution >= 4 is 16.7 Å². The lowest BCUT2D eigenvalue weighted by molar-refractivity contribution is -0.130. The van der Waals surface area contributed by atoms with E-state index in [-0.39, 0.29) is 17.9 Å². The van der Waals surface area contributed by atoms with E-state index in [1.165, 1.54) is 23.9 Å². The second-order valence-electron chi connectivity index (χ2n) is 7.06. The Morgan fingerprint density at radius 1 is 1.20 bits per heavy atom. The fraction of sp³-hybridized carbons (Fsp3) is 0.550. The van der Waals surface area contributed by atoms with E-state index >= 15 is 0 Å². The highest BCUT2D eigenvalue weighted by Crippen LogP contribution is 2.22. The van der Waals surface area contributed by atoms with Crippen molar-refractivity contribution in [1.82, 2.24) is 14.7 Å². The molecule has 2 aromatic rings. The van der Waals surface area contributed by atoms with Gasteiger partial charge in [0.25, 0.3) is 5.56 Å². The van der Waals surface area contributed by atoms with E-state index in [1.54, 1.807) is 13.1 Å². The largest absolute Gasteiger partial charge is 0.342 e. The first-order valence-electron chi connectivity index (χ1n) is 9.33. The fourth-order valence-electron chi connectivity index (χ4n) is 3.87. The predicted molar refractivity (Wildman–Crippen MR) is 99.5 cm³/mol. The number of aryl methyl sites for hydroxylation is 1. The fourth-order valence-corrected chi connectivity index (χ4v) is 3.87. The number of nitrogens with zero attached hydrogens (tertiary/aromatic N) is 3. The highest BCUT2D eigenvalue weighted by Gasteiger charge is 2.21. The molecule has 0 radical (unpaired) electrons. The number of carbonyl (C=O) groups is 1. The topological polar surface area (TPSA) is 55.2 Å². The molecule has 5 heteroatoms. The van der Waals surface area contributed by atoms with Gasteiger partial charge in [0, 0.05) is 25.5 Å². The third-order valence-electron chi connectivity index (χ3n) is 5.25. The Hall–Kier alpha value is -2.17. The molecule has 1 aromatic carbocycles. The summed E-state index contributed by atoms with van der Waals surface area (Å²) in [7, 11) is 1.64. The summed E-state index contributed by atoms with van der Waals surface area (Å²) >= 11 is 0. The van der Waals surface area contributed by atoms with E-state index in [1.807, 2.05) is 23.1 Å². The molecule has 0 saturated carbocycles. The number of hydrogen-bond donors (Lipinski definition) is 0. The Balaban J connectivity index is 1.78. The van der Waals surface area contributed by atoms with Crippen molar-refractivity contribution in [1.29, 1.82) is 0 Å². The van der Waals surface area contributed by atoms with Crippen molar-refractivity contribution in [3.63, 3.8) is 0 Å². The quantitative estimate of drug-likeness (QED) is 0.859. The Morgan fingerprint density at radius 3 is 2.72 bits per heavy atom. The monoisotopic (exact) mass is 341 g/mol. The first-order valence-corrected chi connectivity index (χ1v) is 9.33. The summed E-state index contributed by atoms with van der Waals surface area (Å²) < 4.78 is 1.34. The van der Waals surface area contributed by atoms with Gasteiger partial charge in [0.2, 0.25) is 5.91 Å². The number of fused-ring (bicyclic) bond motifs is 1. The van der Waals surface area contributed by atoms with Crippen LogP contribution in [0, 0.1) is 5.92 Å². The molecule has 1 saturated heterocycles. The first kappa shape index (κ1) is 17.6. The van der Waals surface area contributed by atoms with E-state index < -0.39 is 0 Å². The lowest BCUT2D eigenvalue weighted by Crippen LogP contribution is -2.34. The molecule has 0 bridgehead atoms. The van der Waals surface area contributed by atoms with Crippen LogP contribution in [0.5, 0.6) is 0 Å². The summed E-state index contributed by atoms with van der Waals surface area (Å²) in [4.78, 5) is 27.0. The van der Waals surface area contributed by atoms with Crippen LogP contribution in [-0.4, -0.2) is 33.7 Å². The van der Waals surface area contributed by atoms with Crippen LogP contribution in [0.25, 0.3) is 10.8 Å². The molecule has 5 nitrogen and oxygen atoms in total. The third-order valence-corrected chi connectivity index (χ3v) is 5.25. The molecule has 0 aliphatic carbocycles. The van der Waals surface area contributed by atoms with Crippen LogP contribution in [0.3, 0.4) is 0 Å². The normalized spacial score (nSPS) is 18.3. The zero-order valence-electron chi connectivity index (χ0n) is 15.2. The molecule has 1 aromatic heterocycles. The van der Waals surface area contributed by atoms with Crippen LogP contribution in [0.2, 0.25) is 0 Å². The number of carbonyl (C=O) groups excluding carboxylic acids is 1. The second kappa shape index (κ2) is 7.81. The van der Waals surface area contributed by atoms with Crippen LogP contribution >= 0.6 is 0 Å². The minimum atomic E-state index is -0.121. The lowest BCUT2D eigenvalue weighted by Gasteiger charge is -2.21. The maximum absolute atomic E-state index is 12.8. The molecule has 1 aliphatic heterocycles. The highest BCUT2D eigenvalue weighted by molar-refractivity contribution is 5.88. The van der Waals surface area contributed by atoms with Gasteiger partial charge in [0.1, 0.15) is 0 Å². The Labute approximate surface area is 148 Å². The van der Waals surface area contributed by atoms with Gasteiger partial charge >= 0.3 is 0 Å². The zero-order chi connectivity index (χ0) is 17.8. The Kier molecular flexibility index (Phi) is 5.51. The molecule has 1 fully saturated rings. The molecule has 2 heterocycles. The lowest BCUT2D eigenvalue weighted by atomic mass is 9.96. The van der Waals surface area contributed by atoms with E-state index in [4.69, 9.17) is 0 Å². The standard InChI is InChI=1S/C20H27N3O2/c1-3-7-15-8-6-12-23(13-11-15)19(24)14-18-16-9-4-5-10-17(16)20(25)22(2)21-18/h4-5,9-10,15H,3,6-8,11-14H2,1-2H3/t15-/m1/s1. The number of likely N-dealkylation sites (tertiary alicyclic amines) is 1. The smallest absolute Gasteiger partial charge is 0.274 e. The number of benzene rings is 1. The number of hydrogen-bond acceptors (Lipinski definition) is 3. The Morgan fingerprint density at radius 2 is 1.96 bits per heavy atom. The maximum atomic E-state index is 12.8. The van der Waals surface area contributed by atoms with Crippen LogP contribution < -0.4 is 5.56 Å². The van der Waals surface area contributed by atoms with Crippen molar-refractivity contribution < 1.29 is 4.79 Å². The number of aromatic nitrogens is 2. The van der Waals surface area contributed by atoms with Crippen molar-refractivity contribution in [3.8, 4) is 0 Å². The molecule has 1 atom stereocenters. The highest BCUT2D eigenvalue weighted by atomic mass is 16.2. The molecular weight excluding hydrogens is 314 g/mol. The van der Waals surface area contributed by atoms with Gasteiger partial charge in [0.15, 0.2) is 0 Å². The van der Waals surface area contributed by atoms with Crippen molar-refractivity contribution in [3.05, 3.63) is 40.3 Å². The van der Waals surface area contributed by atoms with Crippen LogP contribution in [0.15, 0.2) is 29.1 Å². The summed E-state index contributed by atoms with van der Waals surface area (Å²) in [6.07, 6.45) is 6.13. The van der Waals surface area contributed by atoms with E-state index in [9.17, 15) is 9.59 Å². The number of amides is 1. The average molecular weight is 341 g/mol. The van der Waals surface area contributed by atoms with E-state index in [0.717, 1.165) is 37.2 Å². The minimum absolute atomic E-state index is 0.119. The Bertz CT molecular complexity index is 812. The molecule has 0 N–H and O–H groups in total. The van der Waals surface area contributed by atoms with Crippen molar-refractivity contribution in [2.45, 2.75) is 45.4 Å². The molecule has 134 valence electrons. The summed E-state index contributed by atoms with van der Waals surface area (Å²) in [5, 5.41) is 5.78. The van der Waals surface area contributed by atoms with Crippen LogP contribution in [0.4, 0.5) is 0 Å². The second-order valence-corrected chi connectivity index (χ2v) is 7.06. The van der Waals surface area contributed by atoms with Crippen molar-refractivity contribution in [2.24, 2.45) is 13.0 Å². The number of rotatable bonds is 4. The molecule has 0 spiro atoms. The van der Waals surface area contributed by atoms with E-state index in [2.05, 4.69) is 12.0 Å². The van der Waals surface area contributed by atoms with Gasteiger partial charge in [-0.2, -0.15) is 5.10 Å². The average Bonchev–Trinajstić information content (AvgIpc) is 2.85. The summed E-state index contributed by atoms with van der Waals surface area (Å²) in [6.45, 7) is 3.90. The zero-order valence-corrected chi connectivity index (χ0v) is 15.2. The first-order chi connectivity index (χ1) is 12.1. The van der Waals surface area contributed by atoms with Gasteiger partial charge in [0.05, 0.1) is 17.5 Å². The molecule has 1 aliphatic rings. The molecule has 0 unspecified atom stereocenters. The molecule has 25 heavy (non-hydrogen) atoms. The van der Waals surface area contributed by atoms with Gasteiger partial charge in [-0.25, -0.2) is 4.68 Å².